The normalized spacial score (nSPS) is 11.2. The maximum atomic E-state index is 11.2. The average molecular weight is 288 g/mol. The van der Waals surface area contributed by atoms with Gasteiger partial charge in [0.25, 0.3) is 0 Å². The monoisotopic (exact) mass is 288 g/mol. The lowest BCUT2D eigenvalue weighted by Crippen LogP contribution is -2.12. The van der Waals surface area contributed by atoms with Crippen molar-refractivity contribution >= 4 is 33.2 Å². The highest BCUT2D eigenvalue weighted by atomic mass is 32.2. The zero-order valence-corrected chi connectivity index (χ0v) is 12.4. The molecular formula is C12H20N2O2S2. The molecule has 1 rings (SSSR count). The number of para-hydroxylation sites is 2. The molecule has 0 spiro atoms. The standard InChI is InChI=1S/C12H20N2O2S2/c1-3-17-10-6-9-13-11-7-4-5-8-12(11)14-18(2,15)16/h4-5,7-8,13-14H,3,6,9-10H2,1-2H3. The highest BCUT2D eigenvalue weighted by Crippen LogP contribution is 2.21. The van der Waals surface area contributed by atoms with Crippen molar-refractivity contribution in [1.82, 2.24) is 0 Å². The largest absolute Gasteiger partial charge is 0.383 e. The van der Waals surface area contributed by atoms with Gasteiger partial charge >= 0.3 is 0 Å². The molecule has 0 heterocycles. The molecule has 0 aliphatic heterocycles. The minimum atomic E-state index is -3.23. The van der Waals surface area contributed by atoms with Crippen LogP contribution in [-0.2, 0) is 10.0 Å². The number of nitrogens with one attached hydrogen (secondary N) is 2. The second-order valence-corrected chi connectivity index (χ2v) is 7.04. The Morgan fingerprint density at radius 3 is 2.50 bits per heavy atom. The van der Waals surface area contributed by atoms with Crippen molar-refractivity contribution in [3.8, 4) is 0 Å². The molecular weight excluding hydrogens is 268 g/mol. The highest BCUT2D eigenvalue weighted by molar-refractivity contribution is 7.99. The number of sulfonamides is 1. The number of hydrogen-bond acceptors (Lipinski definition) is 4. The zero-order chi connectivity index (χ0) is 13.4. The third kappa shape index (κ3) is 6.16. The van der Waals surface area contributed by atoms with Crippen molar-refractivity contribution in [3.63, 3.8) is 0 Å². The predicted molar refractivity (Wildman–Crippen MR) is 81.0 cm³/mol. The molecule has 0 aromatic heterocycles. The molecule has 0 aliphatic carbocycles. The van der Waals surface area contributed by atoms with Gasteiger partial charge in [-0.05, 0) is 30.1 Å². The van der Waals surface area contributed by atoms with Gasteiger partial charge in [0.05, 0.1) is 17.6 Å². The summed E-state index contributed by atoms with van der Waals surface area (Å²) in [5.74, 6) is 2.25. The van der Waals surface area contributed by atoms with E-state index in [0.717, 1.165) is 36.4 Å². The number of benzene rings is 1. The van der Waals surface area contributed by atoms with Gasteiger partial charge in [-0.25, -0.2) is 8.42 Å². The molecule has 0 atom stereocenters. The lowest BCUT2D eigenvalue weighted by molar-refractivity contribution is 0.607. The second-order valence-electron chi connectivity index (χ2n) is 3.90. The van der Waals surface area contributed by atoms with Crippen LogP contribution < -0.4 is 10.0 Å². The molecule has 0 bridgehead atoms. The molecule has 1 aromatic carbocycles. The molecule has 2 N–H and O–H groups in total. The molecule has 0 radical (unpaired) electrons. The maximum Gasteiger partial charge on any atom is 0.229 e. The summed E-state index contributed by atoms with van der Waals surface area (Å²) in [6.07, 6.45) is 2.22. The van der Waals surface area contributed by atoms with Crippen LogP contribution in [0.4, 0.5) is 11.4 Å². The fourth-order valence-corrected chi connectivity index (χ4v) is 2.68. The summed E-state index contributed by atoms with van der Waals surface area (Å²) < 4.78 is 25.0. The van der Waals surface area contributed by atoms with Gasteiger partial charge in [0.2, 0.25) is 10.0 Å². The first kappa shape index (κ1) is 15.2. The summed E-state index contributed by atoms with van der Waals surface area (Å²) in [4.78, 5) is 0. The van der Waals surface area contributed by atoms with Gasteiger partial charge in [0, 0.05) is 6.54 Å². The van der Waals surface area contributed by atoms with Gasteiger partial charge in [-0.3, -0.25) is 4.72 Å². The molecule has 1 aromatic rings. The van der Waals surface area contributed by atoms with Crippen molar-refractivity contribution in [2.24, 2.45) is 0 Å². The van der Waals surface area contributed by atoms with E-state index in [-0.39, 0.29) is 0 Å². The Morgan fingerprint density at radius 1 is 1.22 bits per heavy atom. The fraction of sp³-hybridized carbons (Fsp3) is 0.500. The van der Waals surface area contributed by atoms with E-state index in [9.17, 15) is 8.42 Å². The molecule has 6 heteroatoms. The Hall–Kier alpha value is -0.880. The summed E-state index contributed by atoms with van der Waals surface area (Å²) in [7, 11) is -3.23. The Morgan fingerprint density at radius 2 is 1.89 bits per heavy atom. The van der Waals surface area contributed by atoms with Gasteiger partial charge < -0.3 is 5.32 Å². The Kier molecular flexibility index (Phi) is 6.35. The summed E-state index contributed by atoms with van der Waals surface area (Å²) in [6, 6.07) is 7.33. The van der Waals surface area contributed by atoms with Crippen LogP contribution in [-0.4, -0.2) is 32.7 Å². The van der Waals surface area contributed by atoms with E-state index in [4.69, 9.17) is 0 Å². The van der Waals surface area contributed by atoms with Gasteiger partial charge in [0.15, 0.2) is 0 Å². The second kappa shape index (κ2) is 7.53. The van der Waals surface area contributed by atoms with E-state index in [1.54, 1.807) is 6.07 Å². The Labute approximate surface area is 114 Å². The SMILES string of the molecule is CCSCCCNc1ccccc1NS(C)(=O)=O. The van der Waals surface area contributed by atoms with Crippen molar-refractivity contribution in [2.75, 3.05) is 34.3 Å². The first-order valence-electron chi connectivity index (χ1n) is 5.91. The van der Waals surface area contributed by atoms with Gasteiger partial charge in [-0.15, -0.1) is 0 Å². The smallest absolute Gasteiger partial charge is 0.229 e. The number of rotatable bonds is 8. The van der Waals surface area contributed by atoms with Crippen LogP contribution in [0.3, 0.4) is 0 Å². The van der Waals surface area contributed by atoms with Crippen molar-refractivity contribution in [3.05, 3.63) is 24.3 Å². The molecule has 0 saturated heterocycles. The lowest BCUT2D eigenvalue weighted by atomic mass is 10.2. The van der Waals surface area contributed by atoms with Crippen LogP contribution in [0.2, 0.25) is 0 Å². The molecule has 0 unspecified atom stereocenters. The van der Waals surface area contributed by atoms with Crippen LogP contribution in [0.25, 0.3) is 0 Å². The Bertz CT molecular complexity index is 461. The van der Waals surface area contributed by atoms with Gasteiger partial charge in [-0.1, -0.05) is 19.1 Å². The van der Waals surface area contributed by atoms with E-state index >= 15 is 0 Å². The summed E-state index contributed by atoms with van der Waals surface area (Å²) in [5.41, 5.74) is 1.42. The molecule has 18 heavy (non-hydrogen) atoms. The van der Waals surface area contributed by atoms with E-state index < -0.39 is 10.0 Å². The van der Waals surface area contributed by atoms with E-state index in [1.165, 1.54) is 0 Å². The summed E-state index contributed by atoms with van der Waals surface area (Å²) >= 11 is 1.91. The number of thioether (sulfide) groups is 1. The predicted octanol–water partition coefficient (Wildman–Crippen LogP) is 2.61. The minimum Gasteiger partial charge on any atom is -0.383 e. The molecule has 0 fully saturated rings. The highest BCUT2D eigenvalue weighted by Gasteiger charge is 2.05. The first-order chi connectivity index (χ1) is 8.53. The topological polar surface area (TPSA) is 58.2 Å². The third-order valence-electron chi connectivity index (χ3n) is 2.21. The fourth-order valence-electron chi connectivity index (χ4n) is 1.47. The summed E-state index contributed by atoms with van der Waals surface area (Å²) in [5, 5.41) is 3.25. The molecule has 4 nitrogen and oxygen atoms in total. The van der Waals surface area contributed by atoms with E-state index in [1.807, 2.05) is 30.0 Å². The lowest BCUT2D eigenvalue weighted by Gasteiger charge is -2.12. The molecule has 0 saturated carbocycles. The van der Waals surface area contributed by atoms with Gasteiger partial charge in [0.1, 0.15) is 0 Å². The van der Waals surface area contributed by atoms with E-state index in [2.05, 4.69) is 17.0 Å². The number of anilines is 2. The zero-order valence-electron chi connectivity index (χ0n) is 10.8. The summed E-state index contributed by atoms with van der Waals surface area (Å²) in [6.45, 7) is 2.98. The van der Waals surface area contributed by atoms with Crippen LogP contribution in [0.1, 0.15) is 13.3 Å². The third-order valence-corrected chi connectivity index (χ3v) is 3.78. The Balaban J connectivity index is 2.54. The molecule has 102 valence electrons. The van der Waals surface area contributed by atoms with Crippen LogP contribution >= 0.6 is 11.8 Å². The minimum absolute atomic E-state index is 0.600. The van der Waals surface area contributed by atoms with Crippen molar-refractivity contribution in [2.45, 2.75) is 13.3 Å². The van der Waals surface area contributed by atoms with Crippen LogP contribution in [0.15, 0.2) is 24.3 Å². The molecule has 0 aliphatic rings. The van der Waals surface area contributed by atoms with Crippen molar-refractivity contribution in [1.29, 1.82) is 0 Å². The van der Waals surface area contributed by atoms with Crippen molar-refractivity contribution < 1.29 is 8.42 Å². The number of hydrogen-bond donors (Lipinski definition) is 2. The van der Waals surface area contributed by atoms with Crippen LogP contribution in [0, 0.1) is 0 Å². The maximum absolute atomic E-state index is 11.2. The van der Waals surface area contributed by atoms with E-state index in [0.29, 0.717) is 5.69 Å². The van der Waals surface area contributed by atoms with Crippen LogP contribution in [0.5, 0.6) is 0 Å². The first-order valence-corrected chi connectivity index (χ1v) is 8.96. The molecule has 0 amide bonds. The van der Waals surface area contributed by atoms with Gasteiger partial charge in [-0.2, -0.15) is 11.8 Å². The average Bonchev–Trinajstić information content (AvgIpc) is 2.29. The quantitative estimate of drug-likeness (QED) is 0.722.